The van der Waals surface area contributed by atoms with Gasteiger partial charge in [0.05, 0.1) is 4.92 Å². The third-order valence-electron chi connectivity index (χ3n) is 1.45. The summed E-state index contributed by atoms with van der Waals surface area (Å²) in [6.45, 7) is 1.35. The Kier molecular flexibility index (Phi) is 2.36. The van der Waals surface area contributed by atoms with E-state index in [1.165, 1.54) is 6.92 Å². The van der Waals surface area contributed by atoms with Crippen molar-refractivity contribution in [3.8, 4) is 12.1 Å². The molecule has 0 aliphatic carbocycles. The van der Waals surface area contributed by atoms with Crippen LogP contribution in [0.15, 0.2) is 0 Å². The monoisotopic (exact) mass is 189 g/mol. The van der Waals surface area contributed by atoms with Crippen LogP contribution in [-0.2, 0) is 0 Å². The average molecular weight is 189 g/mol. The summed E-state index contributed by atoms with van der Waals surface area (Å²) in [6.07, 6.45) is 0. The lowest BCUT2D eigenvalue weighted by Gasteiger charge is -1.97. The highest BCUT2D eigenvalue weighted by Gasteiger charge is 2.21. The van der Waals surface area contributed by atoms with Crippen LogP contribution in [-0.4, -0.2) is 14.9 Å². The van der Waals surface area contributed by atoms with Gasteiger partial charge in [0.15, 0.2) is 0 Å². The van der Waals surface area contributed by atoms with E-state index < -0.39 is 10.6 Å². The van der Waals surface area contributed by atoms with E-state index in [2.05, 4.69) is 9.97 Å². The van der Waals surface area contributed by atoms with Gasteiger partial charge in [0.1, 0.15) is 17.8 Å². The molecule has 0 bridgehead atoms. The van der Waals surface area contributed by atoms with E-state index in [4.69, 9.17) is 10.5 Å². The largest absolute Gasteiger partial charge is 0.326 e. The van der Waals surface area contributed by atoms with Gasteiger partial charge in [-0.1, -0.05) is 0 Å². The Bertz CT molecular complexity index is 482. The number of rotatable bonds is 1. The normalized spacial score (nSPS) is 8.79. The van der Waals surface area contributed by atoms with E-state index >= 15 is 0 Å². The van der Waals surface area contributed by atoms with Crippen molar-refractivity contribution in [3.05, 3.63) is 27.3 Å². The number of nitrogens with zero attached hydrogens (tertiary/aromatic N) is 5. The van der Waals surface area contributed by atoms with E-state index in [0.29, 0.717) is 0 Å². The van der Waals surface area contributed by atoms with Crippen LogP contribution in [0.5, 0.6) is 0 Å². The van der Waals surface area contributed by atoms with Gasteiger partial charge in [-0.2, -0.15) is 10.5 Å². The van der Waals surface area contributed by atoms with Gasteiger partial charge in [-0.05, 0) is 6.92 Å². The maximum Gasteiger partial charge on any atom is 0.326 e. The van der Waals surface area contributed by atoms with Crippen molar-refractivity contribution in [3.63, 3.8) is 0 Å². The summed E-state index contributed by atoms with van der Waals surface area (Å²) >= 11 is 0. The molecule has 0 fully saturated rings. The first-order valence-corrected chi connectivity index (χ1v) is 3.43. The Balaban J connectivity index is 3.55. The standard InChI is InChI=1S/C7H3N5O2/c1-4-7(12(13)14)5(2-8)11-6(3-9)10-4/h1H3. The SMILES string of the molecule is Cc1nc(C#N)nc(C#N)c1[N+](=O)[O-]. The van der Waals surface area contributed by atoms with E-state index in [0.717, 1.165) is 0 Å². The molecule has 0 saturated heterocycles. The fourth-order valence-corrected chi connectivity index (χ4v) is 0.914. The first kappa shape index (κ1) is 9.55. The number of aryl methyl sites for hydroxylation is 1. The molecule has 1 aromatic heterocycles. The molecule has 0 radical (unpaired) electrons. The summed E-state index contributed by atoms with van der Waals surface area (Å²) < 4.78 is 0. The van der Waals surface area contributed by atoms with Gasteiger partial charge in [0, 0.05) is 0 Å². The van der Waals surface area contributed by atoms with E-state index in [9.17, 15) is 10.1 Å². The smallest absolute Gasteiger partial charge is 0.258 e. The minimum absolute atomic E-state index is 0.0121. The molecule has 0 saturated carbocycles. The summed E-state index contributed by atoms with van der Waals surface area (Å²) in [7, 11) is 0. The Labute approximate surface area is 78.4 Å². The number of hydrogen-bond donors (Lipinski definition) is 0. The molecule has 7 nitrogen and oxygen atoms in total. The fraction of sp³-hybridized carbons (Fsp3) is 0.143. The Morgan fingerprint density at radius 3 is 2.43 bits per heavy atom. The highest BCUT2D eigenvalue weighted by molar-refractivity contribution is 5.47. The van der Waals surface area contributed by atoms with Crippen LogP contribution in [0.2, 0.25) is 0 Å². The summed E-state index contributed by atoms with van der Waals surface area (Å²) in [4.78, 5) is 16.7. The number of nitriles is 2. The van der Waals surface area contributed by atoms with Crippen molar-refractivity contribution < 1.29 is 4.92 Å². The molecule has 7 heteroatoms. The van der Waals surface area contributed by atoms with Crippen LogP contribution in [0.4, 0.5) is 5.69 Å². The Morgan fingerprint density at radius 1 is 1.36 bits per heavy atom. The molecule has 0 spiro atoms. The summed E-state index contributed by atoms with van der Waals surface area (Å²) in [6, 6.07) is 3.16. The molecule has 14 heavy (non-hydrogen) atoms. The summed E-state index contributed by atoms with van der Waals surface area (Å²) in [5.74, 6) is -0.246. The predicted octanol–water partition coefficient (Wildman–Crippen LogP) is 0.437. The third kappa shape index (κ3) is 1.47. The van der Waals surface area contributed by atoms with E-state index in [-0.39, 0.29) is 17.2 Å². The molecule has 0 aliphatic rings. The van der Waals surface area contributed by atoms with Gasteiger partial charge in [-0.25, -0.2) is 9.97 Å². The maximum absolute atomic E-state index is 10.5. The summed E-state index contributed by atoms with van der Waals surface area (Å²) in [5, 5.41) is 27.5. The molecular weight excluding hydrogens is 186 g/mol. The van der Waals surface area contributed by atoms with Gasteiger partial charge >= 0.3 is 5.69 Å². The lowest BCUT2D eigenvalue weighted by Crippen LogP contribution is -2.03. The van der Waals surface area contributed by atoms with Crippen molar-refractivity contribution >= 4 is 5.69 Å². The zero-order valence-corrected chi connectivity index (χ0v) is 7.05. The molecule has 0 aromatic carbocycles. The highest BCUT2D eigenvalue weighted by Crippen LogP contribution is 2.18. The minimum atomic E-state index is -0.741. The molecule has 0 N–H and O–H groups in total. The van der Waals surface area contributed by atoms with Crippen molar-refractivity contribution in [1.29, 1.82) is 10.5 Å². The number of nitro groups is 1. The van der Waals surface area contributed by atoms with Gasteiger partial charge < -0.3 is 0 Å². The molecule has 0 atom stereocenters. The van der Waals surface area contributed by atoms with Crippen molar-refractivity contribution in [1.82, 2.24) is 9.97 Å². The Morgan fingerprint density at radius 2 is 2.00 bits per heavy atom. The predicted molar refractivity (Wildman–Crippen MR) is 42.9 cm³/mol. The maximum atomic E-state index is 10.5. The van der Waals surface area contributed by atoms with Crippen LogP contribution in [0.3, 0.4) is 0 Å². The van der Waals surface area contributed by atoms with Crippen molar-refractivity contribution in [2.75, 3.05) is 0 Å². The molecular formula is C7H3N5O2. The lowest BCUT2D eigenvalue weighted by atomic mass is 10.3. The first-order valence-electron chi connectivity index (χ1n) is 3.43. The van der Waals surface area contributed by atoms with Gasteiger partial charge in [-0.3, -0.25) is 10.1 Å². The zero-order valence-electron chi connectivity index (χ0n) is 7.05. The lowest BCUT2D eigenvalue weighted by molar-refractivity contribution is -0.386. The van der Waals surface area contributed by atoms with Gasteiger partial charge in [0.2, 0.25) is 11.5 Å². The second kappa shape index (κ2) is 3.46. The quantitative estimate of drug-likeness (QED) is 0.467. The van der Waals surface area contributed by atoms with Crippen LogP contribution in [0.1, 0.15) is 17.2 Å². The van der Waals surface area contributed by atoms with Gasteiger partial charge in [0.25, 0.3) is 0 Å². The van der Waals surface area contributed by atoms with Crippen LogP contribution < -0.4 is 0 Å². The van der Waals surface area contributed by atoms with E-state index in [1.54, 1.807) is 12.1 Å². The molecule has 0 aliphatic heterocycles. The minimum Gasteiger partial charge on any atom is -0.258 e. The van der Waals surface area contributed by atoms with Crippen LogP contribution in [0.25, 0.3) is 0 Å². The summed E-state index contributed by atoms with van der Waals surface area (Å²) in [5.41, 5.74) is -0.830. The topological polar surface area (TPSA) is 116 Å². The van der Waals surface area contributed by atoms with Crippen LogP contribution >= 0.6 is 0 Å². The van der Waals surface area contributed by atoms with Gasteiger partial charge in [-0.15, -0.1) is 0 Å². The first-order chi connectivity index (χ1) is 6.60. The second-order valence-corrected chi connectivity index (χ2v) is 2.31. The van der Waals surface area contributed by atoms with Crippen LogP contribution in [0, 0.1) is 39.7 Å². The molecule has 0 amide bonds. The van der Waals surface area contributed by atoms with Crippen molar-refractivity contribution in [2.24, 2.45) is 0 Å². The number of hydrogen-bond acceptors (Lipinski definition) is 6. The molecule has 1 aromatic rings. The zero-order chi connectivity index (χ0) is 10.7. The molecule has 68 valence electrons. The average Bonchev–Trinajstić information content (AvgIpc) is 2.15. The third-order valence-corrected chi connectivity index (χ3v) is 1.45. The molecule has 1 heterocycles. The fourth-order valence-electron chi connectivity index (χ4n) is 0.914. The molecule has 1 rings (SSSR count). The molecule has 0 unspecified atom stereocenters. The van der Waals surface area contributed by atoms with E-state index in [1.807, 2.05) is 0 Å². The van der Waals surface area contributed by atoms with Crippen molar-refractivity contribution in [2.45, 2.75) is 6.92 Å². The second-order valence-electron chi connectivity index (χ2n) is 2.31. The highest BCUT2D eigenvalue weighted by atomic mass is 16.6. The Hall–Kier alpha value is -2.54. The number of aromatic nitrogens is 2.